The van der Waals surface area contributed by atoms with Gasteiger partial charge in [0.15, 0.2) is 0 Å². The van der Waals surface area contributed by atoms with E-state index in [0.717, 1.165) is 12.8 Å². The monoisotopic (exact) mass is 570 g/mol. The van der Waals surface area contributed by atoms with Crippen molar-refractivity contribution in [3.05, 3.63) is 215 Å². The molecule has 0 amide bonds. The average molecular weight is 571 g/mol. The highest BCUT2D eigenvalue weighted by molar-refractivity contribution is 5.56. The van der Waals surface area contributed by atoms with Crippen molar-refractivity contribution in [2.75, 3.05) is 0 Å². The molecule has 0 aliphatic heterocycles. The zero-order chi connectivity index (χ0) is 30.2. The minimum absolute atomic E-state index is 0.190. The first-order valence-corrected chi connectivity index (χ1v) is 16.1. The molecule has 0 aromatic heterocycles. The van der Waals surface area contributed by atoms with E-state index in [2.05, 4.69) is 196 Å². The Balaban J connectivity index is 1.75. The maximum absolute atomic E-state index is 2.52. The lowest BCUT2D eigenvalue weighted by Crippen LogP contribution is -2.49. The third kappa shape index (κ3) is 5.09. The van der Waals surface area contributed by atoms with Gasteiger partial charge in [0, 0.05) is 10.8 Å². The van der Waals surface area contributed by atoms with E-state index < -0.39 is 5.41 Å². The maximum atomic E-state index is 2.52. The second-order valence-electron chi connectivity index (χ2n) is 12.0. The van der Waals surface area contributed by atoms with Crippen molar-refractivity contribution in [1.82, 2.24) is 0 Å². The summed E-state index contributed by atoms with van der Waals surface area (Å²) in [6, 6.07) is 67.5. The van der Waals surface area contributed by atoms with Gasteiger partial charge in [-0.1, -0.05) is 202 Å². The fourth-order valence-corrected chi connectivity index (χ4v) is 8.09. The quantitative estimate of drug-likeness (QED) is 0.136. The zero-order valence-corrected chi connectivity index (χ0v) is 25.9. The SMILES string of the molecule is CCC[C@@H]([C@@H](C)C(c1ccccc1)(c1ccccc1)c1ccccc1)C(c1ccccc1)(c1ccccc1)c1ccccc1. The lowest BCUT2D eigenvalue weighted by atomic mass is 9.50. The molecule has 0 fully saturated rings. The topological polar surface area (TPSA) is 0 Å². The summed E-state index contributed by atoms with van der Waals surface area (Å²) in [6.07, 6.45) is 2.14. The van der Waals surface area contributed by atoms with E-state index in [-0.39, 0.29) is 17.3 Å². The zero-order valence-electron chi connectivity index (χ0n) is 25.9. The highest BCUT2D eigenvalue weighted by atomic mass is 14.5. The molecule has 218 valence electrons. The molecule has 0 heteroatoms. The summed E-state index contributed by atoms with van der Waals surface area (Å²) in [7, 11) is 0. The van der Waals surface area contributed by atoms with E-state index in [0.29, 0.717) is 0 Å². The molecule has 44 heavy (non-hydrogen) atoms. The molecule has 6 rings (SSSR count). The van der Waals surface area contributed by atoms with E-state index in [1.54, 1.807) is 0 Å². The van der Waals surface area contributed by atoms with E-state index >= 15 is 0 Å². The Morgan fingerprint density at radius 3 is 0.818 bits per heavy atom. The van der Waals surface area contributed by atoms with Gasteiger partial charge in [0.05, 0.1) is 0 Å². The minimum atomic E-state index is -0.396. The Hall–Kier alpha value is -4.68. The van der Waals surface area contributed by atoms with Crippen molar-refractivity contribution in [2.45, 2.75) is 37.5 Å². The van der Waals surface area contributed by atoms with Crippen LogP contribution in [0.2, 0.25) is 0 Å². The molecule has 0 heterocycles. The molecule has 2 atom stereocenters. The lowest BCUT2D eigenvalue weighted by molar-refractivity contribution is 0.190. The van der Waals surface area contributed by atoms with Gasteiger partial charge in [0.1, 0.15) is 0 Å². The van der Waals surface area contributed by atoms with Crippen molar-refractivity contribution in [3.8, 4) is 0 Å². The van der Waals surface area contributed by atoms with Gasteiger partial charge in [-0.2, -0.15) is 0 Å². The van der Waals surface area contributed by atoms with Crippen molar-refractivity contribution in [2.24, 2.45) is 11.8 Å². The van der Waals surface area contributed by atoms with Crippen LogP contribution in [0.15, 0.2) is 182 Å². The van der Waals surface area contributed by atoms with Crippen LogP contribution in [-0.2, 0) is 10.8 Å². The van der Waals surface area contributed by atoms with Crippen LogP contribution in [0, 0.1) is 11.8 Å². The molecule has 0 N–H and O–H groups in total. The molecule has 0 spiro atoms. The summed E-state index contributed by atoms with van der Waals surface area (Å²) in [5.74, 6) is 0.426. The Morgan fingerprint density at radius 1 is 0.364 bits per heavy atom. The molecule has 0 saturated carbocycles. The third-order valence-corrected chi connectivity index (χ3v) is 9.82. The summed E-state index contributed by atoms with van der Waals surface area (Å²) < 4.78 is 0. The first kappa shape index (κ1) is 29.4. The average Bonchev–Trinajstić information content (AvgIpc) is 3.11. The fourth-order valence-electron chi connectivity index (χ4n) is 8.09. The third-order valence-electron chi connectivity index (χ3n) is 9.82. The Labute approximate surface area is 264 Å². The maximum Gasteiger partial charge on any atom is 0.0482 e. The van der Waals surface area contributed by atoms with Crippen molar-refractivity contribution in [1.29, 1.82) is 0 Å². The van der Waals surface area contributed by atoms with Crippen LogP contribution >= 0.6 is 0 Å². The summed E-state index contributed by atoms with van der Waals surface area (Å²) in [5, 5.41) is 0. The summed E-state index contributed by atoms with van der Waals surface area (Å²) >= 11 is 0. The lowest BCUT2D eigenvalue weighted by Gasteiger charge is -2.52. The Morgan fingerprint density at radius 2 is 0.591 bits per heavy atom. The van der Waals surface area contributed by atoms with E-state index in [4.69, 9.17) is 0 Å². The molecule has 0 saturated heterocycles. The van der Waals surface area contributed by atoms with Gasteiger partial charge < -0.3 is 0 Å². The molecular formula is C44H42. The minimum Gasteiger partial charge on any atom is -0.0654 e. The van der Waals surface area contributed by atoms with E-state index in [1.165, 1.54) is 33.4 Å². The Kier molecular flexibility index (Phi) is 8.89. The van der Waals surface area contributed by atoms with Crippen molar-refractivity contribution in [3.63, 3.8) is 0 Å². The molecule has 6 aromatic carbocycles. The van der Waals surface area contributed by atoms with Crippen molar-refractivity contribution < 1.29 is 0 Å². The summed E-state index contributed by atoms with van der Waals surface area (Å²) in [5.41, 5.74) is 7.22. The second-order valence-corrected chi connectivity index (χ2v) is 12.0. The summed E-state index contributed by atoms with van der Waals surface area (Å²) in [4.78, 5) is 0. The number of benzene rings is 6. The highest BCUT2D eigenvalue weighted by Crippen LogP contribution is 2.57. The fraction of sp³-hybridized carbons (Fsp3) is 0.182. The number of rotatable bonds is 11. The van der Waals surface area contributed by atoms with Gasteiger partial charge in [-0.05, 0) is 51.6 Å². The van der Waals surface area contributed by atoms with Gasteiger partial charge in [-0.3, -0.25) is 0 Å². The van der Waals surface area contributed by atoms with Crippen LogP contribution in [0.3, 0.4) is 0 Å². The molecule has 0 nitrogen and oxygen atoms in total. The standard InChI is InChI=1S/C44H42/c1-3-22-42(44(39-29-16-7-17-30-39,40-31-18-8-19-32-40)41-33-20-9-21-34-41)35(2)43(36-23-10-4-11-24-36,37-25-12-5-13-26-37)38-27-14-6-15-28-38/h4-21,23-35,42H,3,22H2,1-2H3/t35-,42+/m1/s1. The van der Waals surface area contributed by atoms with Crippen LogP contribution in [0.1, 0.15) is 60.1 Å². The molecule has 0 radical (unpaired) electrons. The predicted molar refractivity (Wildman–Crippen MR) is 186 cm³/mol. The molecule has 0 aliphatic carbocycles. The van der Waals surface area contributed by atoms with E-state index in [1.807, 2.05) is 0 Å². The summed E-state index contributed by atoms with van der Waals surface area (Å²) in [6.45, 7) is 4.87. The molecular weight excluding hydrogens is 528 g/mol. The smallest absolute Gasteiger partial charge is 0.0482 e. The predicted octanol–water partition coefficient (Wildman–Crippen LogP) is 11.1. The Bertz CT molecular complexity index is 1500. The van der Waals surface area contributed by atoms with Crippen molar-refractivity contribution >= 4 is 0 Å². The highest BCUT2D eigenvalue weighted by Gasteiger charge is 2.52. The van der Waals surface area contributed by atoms with Gasteiger partial charge in [0.2, 0.25) is 0 Å². The first-order chi connectivity index (χ1) is 21.7. The van der Waals surface area contributed by atoms with Gasteiger partial charge in [-0.15, -0.1) is 0 Å². The second kappa shape index (κ2) is 13.3. The van der Waals surface area contributed by atoms with Crippen LogP contribution in [0.4, 0.5) is 0 Å². The van der Waals surface area contributed by atoms with Gasteiger partial charge in [-0.25, -0.2) is 0 Å². The van der Waals surface area contributed by atoms with Gasteiger partial charge in [0.25, 0.3) is 0 Å². The van der Waals surface area contributed by atoms with E-state index in [9.17, 15) is 0 Å². The largest absolute Gasteiger partial charge is 0.0654 e. The normalized spacial score (nSPS) is 13.2. The molecule has 0 unspecified atom stereocenters. The molecule has 0 aliphatic rings. The van der Waals surface area contributed by atoms with Crippen LogP contribution < -0.4 is 0 Å². The number of hydrogen-bond donors (Lipinski definition) is 0. The molecule has 6 aromatic rings. The number of hydrogen-bond acceptors (Lipinski definition) is 0. The first-order valence-electron chi connectivity index (χ1n) is 16.1. The van der Waals surface area contributed by atoms with Crippen LogP contribution in [0.25, 0.3) is 0 Å². The van der Waals surface area contributed by atoms with Gasteiger partial charge >= 0.3 is 0 Å². The van der Waals surface area contributed by atoms with Crippen LogP contribution in [0.5, 0.6) is 0 Å². The molecule has 0 bridgehead atoms. The van der Waals surface area contributed by atoms with Crippen LogP contribution in [-0.4, -0.2) is 0 Å².